The third kappa shape index (κ3) is 2.35. The molecule has 0 saturated carbocycles. The molecule has 1 aromatic carbocycles. The van der Waals surface area contributed by atoms with E-state index in [2.05, 4.69) is 43.4 Å². The van der Waals surface area contributed by atoms with Gasteiger partial charge in [0.05, 0.1) is 0 Å². The molecule has 0 amide bonds. The lowest BCUT2D eigenvalue weighted by molar-refractivity contribution is 0.607. The van der Waals surface area contributed by atoms with Crippen LogP contribution in [0, 0.1) is 6.92 Å². The molecule has 1 N–H and O–H groups in total. The van der Waals surface area contributed by atoms with Gasteiger partial charge < -0.3 is 5.32 Å². The van der Waals surface area contributed by atoms with Gasteiger partial charge in [-0.15, -0.1) is 0 Å². The first-order chi connectivity index (χ1) is 5.74. The summed E-state index contributed by atoms with van der Waals surface area (Å²) in [5.74, 6) is 0. The summed E-state index contributed by atoms with van der Waals surface area (Å²) >= 11 is 0. The summed E-state index contributed by atoms with van der Waals surface area (Å²) < 4.78 is 0. The molecular formula is C11H17N. The molecule has 0 radical (unpaired) electrons. The monoisotopic (exact) mass is 163 g/mol. The Labute approximate surface area is 74.8 Å². The van der Waals surface area contributed by atoms with Crippen LogP contribution in [0.4, 0.5) is 0 Å². The van der Waals surface area contributed by atoms with Crippen molar-refractivity contribution in [2.45, 2.75) is 26.3 Å². The molecular weight excluding hydrogens is 146 g/mol. The summed E-state index contributed by atoms with van der Waals surface area (Å²) in [5.41, 5.74) is 2.83. The molecule has 0 bridgehead atoms. The van der Waals surface area contributed by atoms with Crippen LogP contribution < -0.4 is 5.32 Å². The van der Waals surface area contributed by atoms with Crippen molar-refractivity contribution in [3.63, 3.8) is 0 Å². The van der Waals surface area contributed by atoms with Gasteiger partial charge in [0.25, 0.3) is 0 Å². The van der Waals surface area contributed by atoms with E-state index >= 15 is 0 Å². The topological polar surface area (TPSA) is 12.0 Å². The molecule has 1 heteroatoms. The average Bonchev–Trinajstić information content (AvgIpc) is 2.09. The van der Waals surface area contributed by atoms with Crippen molar-refractivity contribution in [3.8, 4) is 0 Å². The molecule has 0 heterocycles. The van der Waals surface area contributed by atoms with Crippen LogP contribution in [0.15, 0.2) is 24.3 Å². The first-order valence-electron chi connectivity index (χ1n) is 4.46. The van der Waals surface area contributed by atoms with Crippen molar-refractivity contribution < 1.29 is 0 Å². The Morgan fingerprint density at radius 1 is 1.33 bits per heavy atom. The standard InChI is InChI=1S/C11H17N/c1-9-6-4-5-7-11(9)8-10(2)12-3/h4-7,10,12H,8H2,1-3H3. The van der Waals surface area contributed by atoms with Gasteiger partial charge in [-0.3, -0.25) is 0 Å². The number of hydrogen-bond donors (Lipinski definition) is 1. The van der Waals surface area contributed by atoms with Gasteiger partial charge in [-0.05, 0) is 38.4 Å². The Kier molecular flexibility index (Phi) is 3.30. The Hall–Kier alpha value is -0.820. The fraction of sp³-hybridized carbons (Fsp3) is 0.455. The minimum Gasteiger partial charge on any atom is -0.317 e. The van der Waals surface area contributed by atoms with Crippen LogP contribution in [-0.2, 0) is 6.42 Å². The van der Waals surface area contributed by atoms with Gasteiger partial charge in [-0.2, -0.15) is 0 Å². The van der Waals surface area contributed by atoms with E-state index in [4.69, 9.17) is 0 Å². The largest absolute Gasteiger partial charge is 0.317 e. The molecule has 0 aliphatic heterocycles. The summed E-state index contributed by atoms with van der Waals surface area (Å²) in [6.07, 6.45) is 1.11. The second kappa shape index (κ2) is 4.27. The molecule has 1 nitrogen and oxygen atoms in total. The van der Waals surface area contributed by atoms with E-state index in [-0.39, 0.29) is 0 Å². The lowest BCUT2D eigenvalue weighted by atomic mass is 10.0. The normalized spacial score (nSPS) is 12.9. The Bertz CT molecular complexity index is 243. The summed E-state index contributed by atoms with van der Waals surface area (Å²) in [6, 6.07) is 9.11. The van der Waals surface area contributed by atoms with E-state index in [1.54, 1.807) is 0 Å². The number of nitrogens with one attached hydrogen (secondary N) is 1. The molecule has 1 unspecified atom stereocenters. The fourth-order valence-corrected chi connectivity index (χ4v) is 1.27. The summed E-state index contributed by atoms with van der Waals surface area (Å²) in [7, 11) is 2.00. The molecule has 0 aliphatic carbocycles. The minimum atomic E-state index is 0.561. The quantitative estimate of drug-likeness (QED) is 0.720. The van der Waals surface area contributed by atoms with Crippen LogP contribution in [0.2, 0.25) is 0 Å². The minimum absolute atomic E-state index is 0.561. The zero-order chi connectivity index (χ0) is 8.97. The SMILES string of the molecule is CNC(C)Cc1ccccc1C. The van der Waals surface area contributed by atoms with Crippen LogP contribution in [0.1, 0.15) is 18.1 Å². The number of likely N-dealkylation sites (N-methyl/N-ethyl adjacent to an activating group) is 1. The van der Waals surface area contributed by atoms with Crippen molar-refractivity contribution in [1.29, 1.82) is 0 Å². The molecule has 1 aromatic rings. The third-order valence-electron chi connectivity index (χ3n) is 2.28. The molecule has 12 heavy (non-hydrogen) atoms. The van der Waals surface area contributed by atoms with Crippen LogP contribution in [0.25, 0.3) is 0 Å². The van der Waals surface area contributed by atoms with Crippen LogP contribution >= 0.6 is 0 Å². The molecule has 0 saturated heterocycles. The van der Waals surface area contributed by atoms with E-state index in [1.807, 2.05) is 7.05 Å². The second-order valence-electron chi connectivity index (χ2n) is 3.32. The maximum atomic E-state index is 3.24. The highest BCUT2D eigenvalue weighted by molar-refractivity contribution is 5.26. The maximum Gasteiger partial charge on any atom is 0.00762 e. The van der Waals surface area contributed by atoms with Gasteiger partial charge in [-0.25, -0.2) is 0 Å². The molecule has 1 atom stereocenters. The predicted molar refractivity (Wildman–Crippen MR) is 53.4 cm³/mol. The van der Waals surface area contributed by atoms with E-state index in [0.29, 0.717) is 6.04 Å². The van der Waals surface area contributed by atoms with Crippen molar-refractivity contribution in [1.82, 2.24) is 5.32 Å². The lowest BCUT2D eigenvalue weighted by Crippen LogP contribution is -2.23. The predicted octanol–water partition coefficient (Wildman–Crippen LogP) is 2.15. The Morgan fingerprint density at radius 2 is 2.00 bits per heavy atom. The first kappa shape index (κ1) is 9.27. The molecule has 0 fully saturated rings. The molecule has 0 spiro atoms. The van der Waals surface area contributed by atoms with E-state index in [9.17, 15) is 0 Å². The van der Waals surface area contributed by atoms with Gasteiger partial charge in [0.2, 0.25) is 0 Å². The Morgan fingerprint density at radius 3 is 2.58 bits per heavy atom. The fourth-order valence-electron chi connectivity index (χ4n) is 1.27. The smallest absolute Gasteiger partial charge is 0.00762 e. The van der Waals surface area contributed by atoms with Crippen molar-refractivity contribution >= 4 is 0 Å². The molecule has 66 valence electrons. The molecule has 1 rings (SSSR count). The van der Waals surface area contributed by atoms with Gasteiger partial charge in [0.15, 0.2) is 0 Å². The number of benzene rings is 1. The van der Waals surface area contributed by atoms with Gasteiger partial charge in [0.1, 0.15) is 0 Å². The first-order valence-corrected chi connectivity index (χ1v) is 4.46. The van der Waals surface area contributed by atoms with E-state index < -0.39 is 0 Å². The highest BCUT2D eigenvalue weighted by Gasteiger charge is 2.01. The second-order valence-corrected chi connectivity index (χ2v) is 3.32. The van der Waals surface area contributed by atoms with E-state index in [1.165, 1.54) is 11.1 Å². The highest BCUT2D eigenvalue weighted by atomic mass is 14.8. The number of hydrogen-bond acceptors (Lipinski definition) is 1. The average molecular weight is 163 g/mol. The van der Waals surface area contributed by atoms with Crippen molar-refractivity contribution in [2.75, 3.05) is 7.05 Å². The summed E-state index contributed by atoms with van der Waals surface area (Å²) in [5, 5.41) is 3.24. The number of rotatable bonds is 3. The molecule has 0 aromatic heterocycles. The number of aryl methyl sites for hydroxylation is 1. The van der Waals surface area contributed by atoms with E-state index in [0.717, 1.165) is 6.42 Å². The third-order valence-corrected chi connectivity index (χ3v) is 2.28. The summed E-state index contributed by atoms with van der Waals surface area (Å²) in [4.78, 5) is 0. The van der Waals surface area contributed by atoms with Crippen LogP contribution in [0.5, 0.6) is 0 Å². The van der Waals surface area contributed by atoms with Crippen LogP contribution in [-0.4, -0.2) is 13.1 Å². The lowest BCUT2D eigenvalue weighted by Gasteiger charge is -2.11. The zero-order valence-electron chi connectivity index (χ0n) is 8.09. The Balaban J connectivity index is 2.69. The van der Waals surface area contributed by atoms with Crippen LogP contribution in [0.3, 0.4) is 0 Å². The zero-order valence-corrected chi connectivity index (χ0v) is 8.09. The highest BCUT2D eigenvalue weighted by Crippen LogP contribution is 2.08. The van der Waals surface area contributed by atoms with Gasteiger partial charge in [0, 0.05) is 6.04 Å². The van der Waals surface area contributed by atoms with Gasteiger partial charge in [-0.1, -0.05) is 24.3 Å². The maximum absolute atomic E-state index is 3.24. The van der Waals surface area contributed by atoms with Crippen molar-refractivity contribution in [3.05, 3.63) is 35.4 Å². The molecule has 0 aliphatic rings. The summed E-state index contributed by atoms with van der Waals surface area (Å²) in [6.45, 7) is 4.37. The van der Waals surface area contributed by atoms with Crippen molar-refractivity contribution in [2.24, 2.45) is 0 Å². The van der Waals surface area contributed by atoms with Gasteiger partial charge >= 0.3 is 0 Å².